The largest absolute Gasteiger partial charge is 0.478 e. The fraction of sp³-hybridized carbons (Fsp3) is 0.308. The zero-order valence-corrected chi connectivity index (χ0v) is 12.1. The number of carbonyl (C=O) groups is 3. The molecule has 1 heterocycles. The van der Waals surface area contributed by atoms with Crippen molar-refractivity contribution in [1.29, 1.82) is 0 Å². The van der Waals surface area contributed by atoms with Crippen molar-refractivity contribution in [3.05, 3.63) is 28.2 Å². The van der Waals surface area contributed by atoms with Gasteiger partial charge in [-0.1, -0.05) is 6.07 Å². The first-order chi connectivity index (χ1) is 9.49. The molecule has 1 aliphatic rings. The number of nitrogens with one attached hydrogen (secondary N) is 2. The van der Waals surface area contributed by atoms with Crippen LogP contribution in [0.15, 0.2) is 22.7 Å². The average Bonchev–Trinajstić information content (AvgIpc) is 2.41. The standard InChI is InChI=1S/C13H13BrN2O4/c14-9-3-1-2-8(13(19)20)11(9)16-12(18)7-4-5-10(17)15-6-7/h1-3,7H,4-6H2,(H,15,17)(H,16,18)(H,19,20). The number of piperidine rings is 1. The lowest BCUT2D eigenvalue weighted by molar-refractivity contribution is -0.126. The summed E-state index contributed by atoms with van der Waals surface area (Å²) in [4.78, 5) is 34.3. The summed E-state index contributed by atoms with van der Waals surface area (Å²) < 4.78 is 0.505. The van der Waals surface area contributed by atoms with E-state index in [0.717, 1.165) is 0 Å². The number of carboxylic acid groups (broad SMARTS) is 1. The van der Waals surface area contributed by atoms with Gasteiger partial charge in [0.2, 0.25) is 11.8 Å². The number of amides is 2. The molecule has 0 bridgehead atoms. The Balaban J connectivity index is 2.15. The van der Waals surface area contributed by atoms with Crippen molar-refractivity contribution in [2.75, 3.05) is 11.9 Å². The summed E-state index contributed by atoms with van der Waals surface area (Å²) in [5, 5.41) is 14.4. The predicted molar refractivity (Wildman–Crippen MR) is 75.5 cm³/mol. The Kier molecular flexibility index (Phi) is 4.39. The first-order valence-corrected chi connectivity index (χ1v) is 6.87. The molecule has 1 aliphatic heterocycles. The van der Waals surface area contributed by atoms with E-state index in [1.165, 1.54) is 6.07 Å². The Morgan fingerprint density at radius 1 is 1.40 bits per heavy atom. The third-order valence-corrected chi connectivity index (χ3v) is 3.79. The molecular formula is C13H13BrN2O4. The summed E-state index contributed by atoms with van der Waals surface area (Å²) >= 11 is 3.23. The number of carbonyl (C=O) groups excluding carboxylic acids is 2. The van der Waals surface area contributed by atoms with Crippen molar-refractivity contribution in [2.45, 2.75) is 12.8 Å². The SMILES string of the molecule is O=C1CCC(C(=O)Nc2c(Br)cccc2C(=O)O)CN1. The van der Waals surface area contributed by atoms with E-state index in [0.29, 0.717) is 17.3 Å². The molecule has 7 heteroatoms. The number of carboxylic acids is 1. The van der Waals surface area contributed by atoms with Crippen LogP contribution < -0.4 is 10.6 Å². The molecule has 1 saturated heterocycles. The zero-order valence-electron chi connectivity index (χ0n) is 10.5. The van der Waals surface area contributed by atoms with Gasteiger partial charge in [0.25, 0.3) is 0 Å². The minimum atomic E-state index is -1.11. The number of benzene rings is 1. The topological polar surface area (TPSA) is 95.5 Å². The zero-order chi connectivity index (χ0) is 14.7. The second kappa shape index (κ2) is 6.04. The minimum Gasteiger partial charge on any atom is -0.478 e. The number of aromatic carboxylic acids is 1. The van der Waals surface area contributed by atoms with Crippen molar-refractivity contribution in [1.82, 2.24) is 5.32 Å². The number of anilines is 1. The number of halogens is 1. The van der Waals surface area contributed by atoms with Gasteiger partial charge in [-0.3, -0.25) is 9.59 Å². The molecule has 2 rings (SSSR count). The minimum absolute atomic E-state index is 0.0209. The Morgan fingerprint density at radius 2 is 2.15 bits per heavy atom. The summed E-state index contributed by atoms with van der Waals surface area (Å²) in [5.74, 6) is -1.82. The van der Waals surface area contributed by atoms with Crippen LogP contribution in [0.1, 0.15) is 23.2 Å². The van der Waals surface area contributed by atoms with Crippen LogP contribution in [0.2, 0.25) is 0 Å². The fourth-order valence-electron chi connectivity index (χ4n) is 2.01. The molecule has 0 saturated carbocycles. The molecule has 1 aromatic carbocycles. The van der Waals surface area contributed by atoms with Gasteiger partial charge in [-0.05, 0) is 34.5 Å². The van der Waals surface area contributed by atoms with E-state index in [9.17, 15) is 14.4 Å². The van der Waals surface area contributed by atoms with Crippen molar-refractivity contribution < 1.29 is 19.5 Å². The van der Waals surface area contributed by atoms with Crippen LogP contribution in [0.5, 0.6) is 0 Å². The molecular weight excluding hydrogens is 328 g/mol. The Bertz CT molecular complexity index is 563. The molecule has 0 aromatic heterocycles. The molecule has 1 atom stereocenters. The van der Waals surface area contributed by atoms with Crippen molar-refractivity contribution >= 4 is 39.4 Å². The Morgan fingerprint density at radius 3 is 2.75 bits per heavy atom. The summed E-state index contributed by atoms with van der Waals surface area (Å²) in [5.41, 5.74) is 0.259. The molecule has 20 heavy (non-hydrogen) atoms. The van der Waals surface area contributed by atoms with E-state index in [-0.39, 0.29) is 35.5 Å². The predicted octanol–water partition coefficient (Wildman–Crippen LogP) is 1.61. The van der Waals surface area contributed by atoms with E-state index in [2.05, 4.69) is 26.6 Å². The fourth-order valence-corrected chi connectivity index (χ4v) is 2.48. The maximum absolute atomic E-state index is 12.1. The molecule has 0 aliphatic carbocycles. The third kappa shape index (κ3) is 3.16. The number of para-hydroxylation sites is 1. The van der Waals surface area contributed by atoms with Crippen LogP contribution in [0.4, 0.5) is 5.69 Å². The lowest BCUT2D eigenvalue weighted by Crippen LogP contribution is -2.40. The monoisotopic (exact) mass is 340 g/mol. The molecule has 1 unspecified atom stereocenters. The number of hydrogen-bond donors (Lipinski definition) is 3. The molecule has 0 spiro atoms. The lowest BCUT2D eigenvalue weighted by Gasteiger charge is -2.22. The Hall–Kier alpha value is -1.89. The highest BCUT2D eigenvalue weighted by atomic mass is 79.9. The highest BCUT2D eigenvalue weighted by Crippen LogP contribution is 2.27. The maximum atomic E-state index is 12.1. The van der Waals surface area contributed by atoms with Gasteiger partial charge < -0.3 is 15.7 Å². The van der Waals surface area contributed by atoms with Crippen LogP contribution in [-0.4, -0.2) is 29.4 Å². The van der Waals surface area contributed by atoms with Gasteiger partial charge in [0.05, 0.1) is 17.2 Å². The number of hydrogen-bond acceptors (Lipinski definition) is 3. The Labute approximate surface area is 123 Å². The van der Waals surface area contributed by atoms with Crippen LogP contribution in [0.25, 0.3) is 0 Å². The van der Waals surface area contributed by atoms with Crippen molar-refractivity contribution in [2.24, 2.45) is 5.92 Å². The van der Waals surface area contributed by atoms with Gasteiger partial charge in [0.15, 0.2) is 0 Å². The van der Waals surface area contributed by atoms with E-state index in [1.54, 1.807) is 12.1 Å². The quantitative estimate of drug-likeness (QED) is 0.778. The van der Waals surface area contributed by atoms with Crippen LogP contribution in [0.3, 0.4) is 0 Å². The van der Waals surface area contributed by atoms with E-state index >= 15 is 0 Å². The third-order valence-electron chi connectivity index (χ3n) is 3.13. The van der Waals surface area contributed by atoms with Crippen molar-refractivity contribution in [3.63, 3.8) is 0 Å². The number of rotatable bonds is 3. The smallest absolute Gasteiger partial charge is 0.337 e. The van der Waals surface area contributed by atoms with Crippen LogP contribution in [0, 0.1) is 5.92 Å². The molecule has 1 aromatic rings. The molecule has 1 fully saturated rings. The molecule has 106 valence electrons. The summed E-state index contributed by atoms with van der Waals surface area (Å²) in [6.45, 7) is 0.275. The van der Waals surface area contributed by atoms with E-state index < -0.39 is 5.97 Å². The summed E-state index contributed by atoms with van der Waals surface area (Å²) in [6.07, 6.45) is 0.768. The van der Waals surface area contributed by atoms with E-state index in [1.807, 2.05) is 0 Å². The highest BCUT2D eigenvalue weighted by molar-refractivity contribution is 9.10. The van der Waals surface area contributed by atoms with Crippen LogP contribution >= 0.6 is 15.9 Å². The summed E-state index contributed by atoms with van der Waals surface area (Å²) in [6, 6.07) is 4.67. The molecule has 0 radical (unpaired) electrons. The van der Waals surface area contributed by atoms with Gasteiger partial charge in [-0.15, -0.1) is 0 Å². The van der Waals surface area contributed by atoms with Gasteiger partial charge in [-0.25, -0.2) is 4.79 Å². The van der Waals surface area contributed by atoms with Crippen molar-refractivity contribution in [3.8, 4) is 0 Å². The average molecular weight is 341 g/mol. The highest BCUT2D eigenvalue weighted by Gasteiger charge is 2.26. The van der Waals surface area contributed by atoms with E-state index in [4.69, 9.17) is 5.11 Å². The van der Waals surface area contributed by atoms with Gasteiger partial charge in [-0.2, -0.15) is 0 Å². The van der Waals surface area contributed by atoms with Gasteiger partial charge in [0, 0.05) is 17.4 Å². The maximum Gasteiger partial charge on any atom is 0.337 e. The molecule has 6 nitrogen and oxygen atoms in total. The normalized spacial score (nSPS) is 18.2. The first kappa shape index (κ1) is 14.5. The lowest BCUT2D eigenvalue weighted by atomic mass is 9.98. The second-order valence-corrected chi connectivity index (χ2v) is 5.35. The first-order valence-electron chi connectivity index (χ1n) is 6.08. The molecule has 2 amide bonds. The summed E-state index contributed by atoms with van der Waals surface area (Å²) in [7, 11) is 0. The van der Waals surface area contributed by atoms with Gasteiger partial charge >= 0.3 is 5.97 Å². The molecule has 3 N–H and O–H groups in total. The second-order valence-electron chi connectivity index (χ2n) is 4.50. The van der Waals surface area contributed by atoms with Gasteiger partial charge in [0.1, 0.15) is 0 Å². The van der Waals surface area contributed by atoms with Crippen LogP contribution in [-0.2, 0) is 9.59 Å².